The van der Waals surface area contributed by atoms with Crippen molar-refractivity contribution in [3.63, 3.8) is 0 Å². The number of allylic oxidation sites excluding steroid dienone is 1. The fourth-order valence-electron chi connectivity index (χ4n) is 4.69. The Morgan fingerprint density at radius 3 is 2.41 bits per heavy atom. The second-order valence-electron chi connectivity index (χ2n) is 7.70. The van der Waals surface area contributed by atoms with E-state index in [2.05, 4.69) is 38.1 Å². The molecule has 3 nitrogen and oxygen atoms in total. The van der Waals surface area contributed by atoms with Gasteiger partial charge in [-0.2, -0.15) is 0 Å². The lowest BCUT2D eigenvalue weighted by molar-refractivity contribution is -0.118. The van der Waals surface area contributed by atoms with Gasteiger partial charge in [0.25, 0.3) is 0 Å². The molecule has 2 bridgehead atoms. The molecule has 3 aliphatic rings. The van der Waals surface area contributed by atoms with Crippen LogP contribution in [0.15, 0.2) is 60.7 Å². The number of hydrogen-bond acceptors (Lipinski definition) is 3. The second-order valence-corrected chi connectivity index (χ2v) is 7.70. The number of carbonyl (C=O) groups excluding carboxylic acids is 1. The van der Waals surface area contributed by atoms with Gasteiger partial charge in [-0.05, 0) is 48.2 Å². The number of benzene rings is 2. The molecule has 0 amide bonds. The van der Waals surface area contributed by atoms with Crippen molar-refractivity contribution in [1.29, 1.82) is 0 Å². The summed E-state index contributed by atoms with van der Waals surface area (Å²) in [4.78, 5) is 13.1. The standard InChI is InChI=1S/C24H22O3/c1-14-10-17(26-13-16-6-4-3-5-7-16)11-15(2)22(14)19-12-18-20-8-9-21(27-20)23(18)24(19)25/h3-12,18,20-21,23H,13H2,1-2H3/t18-,20-,21+,23-/m1/s1. The minimum absolute atomic E-state index is 0.0391. The molecule has 0 unspecified atom stereocenters. The first-order chi connectivity index (χ1) is 13.1. The third-order valence-electron chi connectivity index (χ3n) is 5.90. The van der Waals surface area contributed by atoms with E-state index in [-0.39, 0.29) is 29.8 Å². The van der Waals surface area contributed by atoms with Crippen molar-refractivity contribution < 1.29 is 14.3 Å². The molecule has 136 valence electrons. The minimum Gasteiger partial charge on any atom is -0.489 e. The van der Waals surface area contributed by atoms with Gasteiger partial charge in [0.15, 0.2) is 5.78 Å². The van der Waals surface area contributed by atoms with E-state index in [1.807, 2.05) is 36.4 Å². The van der Waals surface area contributed by atoms with Crippen LogP contribution in [0.4, 0.5) is 0 Å². The topological polar surface area (TPSA) is 35.5 Å². The summed E-state index contributed by atoms with van der Waals surface area (Å²) in [6.07, 6.45) is 6.30. The van der Waals surface area contributed by atoms with E-state index in [0.717, 1.165) is 33.6 Å². The van der Waals surface area contributed by atoms with Crippen LogP contribution >= 0.6 is 0 Å². The van der Waals surface area contributed by atoms with Crippen LogP contribution in [0, 0.1) is 25.7 Å². The maximum atomic E-state index is 13.1. The van der Waals surface area contributed by atoms with Crippen LogP contribution in [0.1, 0.15) is 22.3 Å². The number of fused-ring (bicyclic) bond motifs is 5. The van der Waals surface area contributed by atoms with Gasteiger partial charge in [0.1, 0.15) is 12.4 Å². The predicted molar refractivity (Wildman–Crippen MR) is 104 cm³/mol. The number of aryl methyl sites for hydroxylation is 2. The van der Waals surface area contributed by atoms with Gasteiger partial charge in [0.05, 0.1) is 18.1 Å². The van der Waals surface area contributed by atoms with Crippen LogP contribution in [0.3, 0.4) is 0 Å². The average molecular weight is 358 g/mol. The van der Waals surface area contributed by atoms with Gasteiger partial charge in [-0.1, -0.05) is 48.6 Å². The maximum Gasteiger partial charge on any atom is 0.169 e. The first-order valence-electron chi connectivity index (χ1n) is 9.50. The monoisotopic (exact) mass is 358 g/mol. The summed E-state index contributed by atoms with van der Waals surface area (Å²) in [5, 5.41) is 0. The lowest BCUT2D eigenvalue weighted by atomic mass is 9.84. The molecule has 2 heterocycles. The van der Waals surface area contributed by atoms with E-state index < -0.39 is 0 Å². The maximum absolute atomic E-state index is 13.1. The molecule has 3 heteroatoms. The van der Waals surface area contributed by atoms with Crippen LogP contribution in [-0.2, 0) is 16.1 Å². The fourth-order valence-corrected chi connectivity index (χ4v) is 4.69. The summed E-state index contributed by atoms with van der Waals surface area (Å²) in [6.45, 7) is 4.66. The Morgan fingerprint density at radius 2 is 1.70 bits per heavy atom. The molecular formula is C24H22O3. The predicted octanol–water partition coefficient (Wildman–Crippen LogP) is 4.42. The Hall–Kier alpha value is -2.65. The normalized spacial score (nSPS) is 27.8. The third-order valence-corrected chi connectivity index (χ3v) is 5.90. The number of ketones is 1. The number of rotatable bonds is 4. The molecule has 4 atom stereocenters. The number of carbonyl (C=O) groups is 1. The molecule has 0 aromatic heterocycles. The molecule has 0 radical (unpaired) electrons. The van der Waals surface area contributed by atoms with Gasteiger partial charge in [0.2, 0.25) is 0 Å². The number of hydrogen-bond donors (Lipinski definition) is 0. The zero-order valence-corrected chi connectivity index (χ0v) is 15.5. The van der Waals surface area contributed by atoms with Gasteiger partial charge < -0.3 is 9.47 Å². The van der Waals surface area contributed by atoms with Crippen molar-refractivity contribution in [2.75, 3.05) is 0 Å². The lowest BCUT2D eigenvalue weighted by Crippen LogP contribution is -2.25. The molecular weight excluding hydrogens is 336 g/mol. The molecule has 1 aliphatic carbocycles. The van der Waals surface area contributed by atoms with Crippen LogP contribution < -0.4 is 4.74 Å². The van der Waals surface area contributed by atoms with Crippen LogP contribution in [0.5, 0.6) is 5.75 Å². The molecule has 27 heavy (non-hydrogen) atoms. The van der Waals surface area contributed by atoms with Gasteiger partial charge in [-0.15, -0.1) is 0 Å². The third kappa shape index (κ3) is 2.65. The Labute approximate surface area is 159 Å². The first kappa shape index (κ1) is 16.5. The summed E-state index contributed by atoms with van der Waals surface area (Å²) < 4.78 is 11.8. The Balaban J connectivity index is 1.41. The van der Waals surface area contributed by atoms with Crippen LogP contribution in [0.25, 0.3) is 5.57 Å². The fraction of sp³-hybridized carbons (Fsp3) is 0.292. The zero-order valence-electron chi connectivity index (χ0n) is 15.5. The van der Waals surface area contributed by atoms with Crippen molar-refractivity contribution in [3.05, 3.63) is 82.9 Å². The summed E-state index contributed by atoms with van der Waals surface area (Å²) in [5.41, 5.74) is 5.22. The van der Waals surface area contributed by atoms with Crippen LogP contribution in [0.2, 0.25) is 0 Å². The Bertz CT molecular complexity index is 947. The summed E-state index contributed by atoms with van der Waals surface area (Å²) in [7, 11) is 0. The Kier molecular flexibility index (Phi) is 3.80. The quantitative estimate of drug-likeness (QED) is 0.759. The molecule has 1 fully saturated rings. The van der Waals surface area contributed by atoms with E-state index in [1.165, 1.54) is 0 Å². The Morgan fingerprint density at radius 1 is 1.00 bits per heavy atom. The minimum atomic E-state index is -0.0460. The van der Waals surface area contributed by atoms with Crippen molar-refractivity contribution >= 4 is 11.4 Å². The highest BCUT2D eigenvalue weighted by molar-refractivity contribution is 6.25. The van der Waals surface area contributed by atoms with E-state index in [9.17, 15) is 4.79 Å². The van der Waals surface area contributed by atoms with Crippen molar-refractivity contribution in [1.82, 2.24) is 0 Å². The van der Waals surface area contributed by atoms with Gasteiger partial charge in [0, 0.05) is 11.5 Å². The SMILES string of the molecule is Cc1cc(OCc2ccccc2)cc(C)c1C1=C[C@H]2[C@@H](C1=O)[C@@H]1C=C[C@H]2O1. The summed E-state index contributed by atoms with van der Waals surface area (Å²) >= 11 is 0. The number of ether oxygens (including phenoxy) is 2. The largest absolute Gasteiger partial charge is 0.489 e. The summed E-state index contributed by atoms with van der Waals surface area (Å²) in [6, 6.07) is 14.2. The first-order valence-corrected chi connectivity index (χ1v) is 9.50. The molecule has 2 aromatic carbocycles. The molecule has 2 aromatic rings. The molecule has 2 aliphatic heterocycles. The highest BCUT2D eigenvalue weighted by Gasteiger charge is 2.52. The van der Waals surface area contributed by atoms with E-state index in [4.69, 9.17) is 9.47 Å². The van der Waals surface area contributed by atoms with Gasteiger partial charge in [-0.3, -0.25) is 4.79 Å². The highest BCUT2D eigenvalue weighted by atomic mass is 16.5. The van der Waals surface area contributed by atoms with E-state index in [1.54, 1.807) is 0 Å². The van der Waals surface area contributed by atoms with E-state index >= 15 is 0 Å². The van der Waals surface area contributed by atoms with Crippen molar-refractivity contribution in [2.45, 2.75) is 32.7 Å². The van der Waals surface area contributed by atoms with Crippen molar-refractivity contribution in [3.8, 4) is 5.75 Å². The van der Waals surface area contributed by atoms with Crippen molar-refractivity contribution in [2.24, 2.45) is 11.8 Å². The average Bonchev–Trinajstić information content (AvgIpc) is 3.35. The van der Waals surface area contributed by atoms with Gasteiger partial charge in [-0.25, -0.2) is 0 Å². The van der Waals surface area contributed by atoms with Crippen LogP contribution in [-0.4, -0.2) is 18.0 Å². The zero-order chi connectivity index (χ0) is 18.5. The molecule has 1 saturated heterocycles. The smallest absolute Gasteiger partial charge is 0.169 e. The number of Topliss-reactive ketones (excluding diaryl/α,β-unsaturated/α-hetero) is 1. The van der Waals surface area contributed by atoms with Gasteiger partial charge >= 0.3 is 0 Å². The summed E-state index contributed by atoms with van der Waals surface area (Å²) in [5.74, 6) is 1.22. The molecule has 0 saturated carbocycles. The highest BCUT2D eigenvalue weighted by Crippen LogP contribution is 2.48. The molecule has 0 spiro atoms. The second kappa shape index (κ2) is 6.21. The molecule has 5 rings (SSSR count). The van der Waals surface area contributed by atoms with E-state index in [0.29, 0.717) is 6.61 Å². The molecule has 0 N–H and O–H groups in total. The lowest BCUT2D eigenvalue weighted by Gasteiger charge is -2.16.